The maximum atomic E-state index is 11.3. The smallest absolute Gasteiger partial charge is 0.225 e. The highest BCUT2D eigenvalue weighted by Crippen LogP contribution is 2.39. The molecule has 2 unspecified atom stereocenters. The van der Waals surface area contributed by atoms with Crippen molar-refractivity contribution in [2.24, 2.45) is 0 Å². The first-order valence-electron chi connectivity index (χ1n) is 5.00. The van der Waals surface area contributed by atoms with Crippen molar-refractivity contribution in [1.29, 1.82) is 0 Å². The lowest BCUT2D eigenvalue weighted by molar-refractivity contribution is 0.623. The Morgan fingerprint density at radius 3 is 2.80 bits per heavy atom. The SMILES string of the molecule is CC(Cn1c(Cl)nnc1C1CC1)S(C)=O. The number of aromatic nitrogens is 3. The van der Waals surface area contributed by atoms with Crippen LogP contribution >= 0.6 is 11.6 Å². The summed E-state index contributed by atoms with van der Waals surface area (Å²) in [6.45, 7) is 2.59. The molecule has 6 heteroatoms. The van der Waals surface area contributed by atoms with Crippen molar-refractivity contribution in [3.63, 3.8) is 0 Å². The molecule has 0 amide bonds. The van der Waals surface area contributed by atoms with Crippen LogP contribution in [-0.4, -0.2) is 30.5 Å². The van der Waals surface area contributed by atoms with E-state index in [4.69, 9.17) is 11.6 Å². The summed E-state index contributed by atoms with van der Waals surface area (Å²) in [5.74, 6) is 1.47. The van der Waals surface area contributed by atoms with E-state index in [0.29, 0.717) is 17.7 Å². The second kappa shape index (κ2) is 4.22. The molecule has 0 N–H and O–H groups in total. The summed E-state index contributed by atoms with van der Waals surface area (Å²) in [5.41, 5.74) is 0. The van der Waals surface area contributed by atoms with Gasteiger partial charge in [-0.2, -0.15) is 0 Å². The lowest BCUT2D eigenvalue weighted by atomic mass is 10.4. The van der Waals surface area contributed by atoms with E-state index < -0.39 is 10.8 Å². The zero-order chi connectivity index (χ0) is 11.0. The molecule has 1 fully saturated rings. The zero-order valence-electron chi connectivity index (χ0n) is 8.81. The molecule has 0 saturated heterocycles. The van der Waals surface area contributed by atoms with Gasteiger partial charge in [0, 0.05) is 34.8 Å². The summed E-state index contributed by atoms with van der Waals surface area (Å²) >= 11 is 5.96. The van der Waals surface area contributed by atoms with E-state index in [2.05, 4.69) is 10.2 Å². The highest BCUT2D eigenvalue weighted by atomic mass is 35.5. The molecule has 2 rings (SSSR count). The molecule has 0 spiro atoms. The molecule has 0 aliphatic heterocycles. The van der Waals surface area contributed by atoms with Gasteiger partial charge in [-0.15, -0.1) is 10.2 Å². The van der Waals surface area contributed by atoms with Crippen molar-refractivity contribution in [3.8, 4) is 0 Å². The van der Waals surface area contributed by atoms with E-state index in [1.807, 2.05) is 11.5 Å². The van der Waals surface area contributed by atoms with Gasteiger partial charge in [0.25, 0.3) is 0 Å². The fourth-order valence-corrected chi connectivity index (χ4v) is 2.02. The standard InChI is InChI=1S/C9H14ClN3OS/c1-6(15(2)14)5-13-8(7-3-4-7)11-12-9(13)10/h6-7H,3-5H2,1-2H3. The van der Waals surface area contributed by atoms with Gasteiger partial charge in [-0.05, 0) is 31.4 Å². The molecular formula is C9H14ClN3OS. The van der Waals surface area contributed by atoms with Gasteiger partial charge in [-0.25, -0.2) is 0 Å². The number of nitrogens with zero attached hydrogens (tertiary/aromatic N) is 3. The minimum Gasteiger partial charge on any atom is -0.300 e. The molecular weight excluding hydrogens is 234 g/mol. The molecule has 0 bridgehead atoms. The van der Waals surface area contributed by atoms with Crippen LogP contribution in [0.3, 0.4) is 0 Å². The van der Waals surface area contributed by atoms with Crippen molar-refractivity contribution >= 4 is 22.4 Å². The predicted octanol–water partition coefficient (Wildman–Crippen LogP) is 1.58. The van der Waals surface area contributed by atoms with Crippen LogP contribution in [0.2, 0.25) is 5.28 Å². The number of rotatable bonds is 4. The molecule has 1 aromatic rings. The van der Waals surface area contributed by atoms with Gasteiger partial charge in [0.1, 0.15) is 5.82 Å². The Balaban J connectivity index is 2.18. The first-order chi connectivity index (χ1) is 7.09. The highest BCUT2D eigenvalue weighted by molar-refractivity contribution is 7.84. The molecule has 1 aliphatic carbocycles. The van der Waals surface area contributed by atoms with Crippen LogP contribution in [0.4, 0.5) is 0 Å². The second-order valence-electron chi connectivity index (χ2n) is 4.02. The van der Waals surface area contributed by atoms with Gasteiger partial charge in [-0.3, -0.25) is 4.21 Å². The van der Waals surface area contributed by atoms with Crippen molar-refractivity contribution in [1.82, 2.24) is 14.8 Å². The summed E-state index contributed by atoms with van der Waals surface area (Å²) in [5, 5.41) is 8.43. The summed E-state index contributed by atoms with van der Waals surface area (Å²) < 4.78 is 13.2. The Bertz CT molecular complexity index is 389. The van der Waals surface area contributed by atoms with Gasteiger partial charge in [0.15, 0.2) is 0 Å². The van der Waals surface area contributed by atoms with Crippen LogP contribution < -0.4 is 0 Å². The third-order valence-electron chi connectivity index (χ3n) is 2.68. The van der Waals surface area contributed by atoms with Crippen LogP contribution in [0, 0.1) is 0 Å². The highest BCUT2D eigenvalue weighted by Gasteiger charge is 2.30. The van der Waals surface area contributed by atoms with Crippen molar-refractivity contribution in [2.75, 3.05) is 6.26 Å². The van der Waals surface area contributed by atoms with E-state index in [9.17, 15) is 4.21 Å². The third-order valence-corrected chi connectivity index (χ3v) is 4.25. The van der Waals surface area contributed by atoms with Crippen molar-refractivity contribution < 1.29 is 4.21 Å². The lowest BCUT2D eigenvalue weighted by Crippen LogP contribution is -2.19. The van der Waals surface area contributed by atoms with E-state index in [0.717, 1.165) is 5.82 Å². The van der Waals surface area contributed by atoms with Crippen LogP contribution in [0.25, 0.3) is 0 Å². The first-order valence-corrected chi connectivity index (χ1v) is 7.00. The molecule has 0 radical (unpaired) electrons. The Labute approximate surface area is 96.5 Å². The van der Waals surface area contributed by atoms with Crippen LogP contribution in [-0.2, 0) is 17.3 Å². The molecule has 1 heterocycles. The average Bonchev–Trinajstić information content (AvgIpc) is 2.95. The fraction of sp³-hybridized carbons (Fsp3) is 0.778. The first kappa shape index (κ1) is 11.1. The van der Waals surface area contributed by atoms with Crippen LogP contribution in [0.5, 0.6) is 0 Å². The molecule has 15 heavy (non-hydrogen) atoms. The van der Waals surface area contributed by atoms with Crippen LogP contribution in [0.15, 0.2) is 0 Å². The van der Waals surface area contributed by atoms with E-state index in [-0.39, 0.29) is 5.25 Å². The Morgan fingerprint density at radius 1 is 1.60 bits per heavy atom. The molecule has 84 valence electrons. The molecule has 1 aliphatic rings. The van der Waals surface area contributed by atoms with E-state index in [1.165, 1.54) is 12.8 Å². The molecule has 2 atom stereocenters. The van der Waals surface area contributed by atoms with E-state index >= 15 is 0 Å². The minimum absolute atomic E-state index is 0.0796. The average molecular weight is 248 g/mol. The fourth-order valence-electron chi connectivity index (χ4n) is 1.47. The minimum atomic E-state index is -0.839. The summed E-state index contributed by atoms with van der Waals surface area (Å²) in [7, 11) is -0.839. The topological polar surface area (TPSA) is 47.8 Å². The summed E-state index contributed by atoms with van der Waals surface area (Å²) in [4.78, 5) is 0. The summed E-state index contributed by atoms with van der Waals surface area (Å²) in [6, 6.07) is 0. The Kier molecular flexibility index (Phi) is 3.11. The van der Waals surface area contributed by atoms with Crippen molar-refractivity contribution in [3.05, 3.63) is 11.1 Å². The quantitative estimate of drug-likeness (QED) is 0.812. The molecule has 4 nitrogen and oxygen atoms in total. The van der Waals surface area contributed by atoms with Gasteiger partial charge < -0.3 is 4.57 Å². The Morgan fingerprint density at radius 2 is 2.27 bits per heavy atom. The van der Waals surface area contributed by atoms with Crippen molar-refractivity contribution in [2.45, 2.75) is 37.5 Å². The largest absolute Gasteiger partial charge is 0.300 e. The number of halogens is 1. The Hall–Kier alpha value is -0.420. The number of hydrogen-bond donors (Lipinski definition) is 0. The monoisotopic (exact) mass is 247 g/mol. The maximum Gasteiger partial charge on any atom is 0.225 e. The zero-order valence-corrected chi connectivity index (χ0v) is 10.4. The molecule has 0 aromatic carbocycles. The summed E-state index contributed by atoms with van der Waals surface area (Å²) in [6.07, 6.45) is 4.04. The van der Waals surface area contributed by atoms with E-state index in [1.54, 1.807) is 6.26 Å². The van der Waals surface area contributed by atoms with Crippen LogP contribution in [0.1, 0.15) is 31.5 Å². The van der Waals surface area contributed by atoms with Gasteiger partial charge >= 0.3 is 0 Å². The van der Waals surface area contributed by atoms with Gasteiger partial charge in [0.05, 0.1) is 0 Å². The van der Waals surface area contributed by atoms with Gasteiger partial charge in [-0.1, -0.05) is 0 Å². The third kappa shape index (κ3) is 2.39. The lowest BCUT2D eigenvalue weighted by Gasteiger charge is -2.11. The molecule has 1 saturated carbocycles. The second-order valence-corrected chi connectivity index (χ2v) is 6.16. The normalized spacial score (nSPS) is 20.2. The predicted molar refractivity (Wildman–Crippen MR) is 60.5 cm³/mol. The van der Waals surface area contributed by atoms with Gasteiger partial charge in [0.2, 0.25) is 5.28 Å². The molecule has 1 aromatic heterocycles. The maximum absolute atomic E-state index is 11.3. The number of hydrogen-bond acceptors (Lipinski definition) is 3.